The zero-order valence-electron chi connectivity index (χ0n) is 14.6. The maximum Gasteiger partial charge on any atom is 0.147 e. The van der Waals surface area contributed by atoms with Crippen LogP contribution in [0.1, 0.15) is 43.7 Å². The lowest BCUT2D eigenvalue weighted by Gasteiger charge is -2.09. The van der Waals surface area contributed by atoms with Crippen LogP contribution in [0.15, 0.2) is 24.3 Å². The number of aromatic nitrogens is 5. The van der Waals surface area contributed by atoms with Gasteiger partial charge in [-0.05, 0) is 31.9 Å². The van der Waals surface area contributed by atoms with Crippen LogP contribution in [0, 0.1) is 0 Å². The predicted octanol–water partition coefficient (Wildman–Crippen LogP) is 3.09. The zero-order chi connectivity index (χ0) is 16.4. The average molecular weight is 361 g/mol. The second kappa shape index (κ2) is 7.97. The minimum absolute atomic E-state index is 0. The van der Waals surface area contributed by atoms with Crippen LogP contribution in [0.4, 0.5) is 0 Å². The van der Waals surface area contributed by atoms with E-state index in [2.05, 4.69) is 49.8 Å². The summed E-state index contributed by atoms with van der Waals surface area (Å²) < 4.78 is 4.56. The molecule has 4 rings (SSSR count). The highest BCUT2D eigenvalue weighted by Crippen LogP contribution is 2.17. The highest BCUT2D eigenvalue weighted by molar-refractivity contribution is 5.85. The quantitative estimate of drug-likeness (QED) is 0.759. The number of imidazole rings is 1. The fourth-order valence-electron chi connectivity index (χ4n) is 3.58. The first-order valence-corrected chi connectivity index (χ1v) is 8.92. The number of hydrogen-bond acceptors (Lipinski definition) is 4. The van der Waals surface area contributed by atoms with Crippen molar-refractivity contribution in [3.63, 3.8) is 0 Å². The summed E-state index contributed by atoms with van der Waals surface area (Å²) in [6.07, 6.45) is 4.80. The summed E-state index contributed by atoms with van der Waals surface area (Å²) in [6, 6.07) is 8.31. The standard InChI is InChI=1S/C18H24N6.ClH/c1-2-23-15-9-6-5-8-14(15)20-17(23)12-19-13-18-22-21-16-10-4-3-7-11-24(16)18;/h5-6,8-9,19H,2-4,7,10-13H2,1H3;1H. The van der Waals surface area contributed by atoms with Gasteiger partial charge in [0.05, 0.1) is 24.1 Å². The van der Waals surface area contributed by atoms with Crippen LogP contribution in [0.5, 0.6) is 0 Å². The van der Waals surface area contributed by atoms with Gasteiger partial charge in [-0.2, -0.15) is 0 Å². The van der Waals surface area contributed by atoms with E-state index in [0.29, 0.717) is 0 Å². The molecule has 0 spiro atoms. The van der Waals surface area contributed by atoms with Gasteiger partial charge in [0.2, 0.25) is 0 Å². The Bertz CT molecular complexity index is 837. The van der Waals surface area contributed by atoms with Gasteiger partial charge in [0.15, 0.2) is 0 Å². The van der Waals surface area contributed by atoms with Crippen molar-refractivity contribution in [1.29, 1.82) is 0 Å². The van der Waals surface area contributed by atoms with Crippen LogP contribution < -0.4 is 5.32 Å². The summed E-state index contributed by atoms with van der Waals surface area (Å²) >= 11 is 0. The summed E-state index contributed by atoms with van der Waals surface area (Å²) in [5, 5.41) is 12.2. The van der Waals surface area contributed by atoms with E-state index in [1.807, 2.05) is 6.07 Å². The molecule has 0 unspecified atom stereocenters. The SMILES string of the molecule is CCn1c(CNCc2nnc3n2CCCCC3)nc2ccccc21.Cl. The number of halogens is 1. The molecule has 7 heteroatoms. The van der Waals surface area contributed by atoms with Gasteiger partial charge < -0.3 is 14.5 Å². The molecule has 1 aromatic carbocycles. The molecular weight excluding hydrogens is 336 g/mol. The number of para-hydroxylation sites is 2. The van der Waals surface area contributed by atoms with Gasteiger partial charge in [0.25, 0.3) is 0 Å². The third-order valence-electron chi connectivity index (χ3n) is 4.80. The monoisotopic (exact) mass is 360 g/mol. The van der Waals surface area contributed by atoms with Gasteiger partial charge in [0.1, 0.15) is 17.5 Å². The molecule has 0 saturated carbocycles. The Morgan fingerprint density at radius 3 is 2.76 bits per heavy atom. The van der Waals surface area contributed by atoms with Crippen LogP contribution in [0.3, 0.4) is 0 Å². The molecule has 1 N–H and O–H groups in total. The summed E-state index contributed by atoms with van der Waals surface area (Å²) in [5.74, 6) is 3.27. The van der Waals surface area contributed by atoms with E-state index in [-0.39, 0.29) is 12.4 Å². The lowest BCUT2D eigenvalue weighted by atomic mass is 10.2. The Hall–Kier alpha value is -1.92. The second-order valence-electron chi connectivity index (χ2n) is 6.36. The number of benzene rings is 1. The molecular formula is C18H25ClN6. The van der Waals surface area contributed by atoms with Crippen LogP contribution in [0.2, 0.25) is 0 Å². The van der Waals surface area contributed by atoms with Crippen molar-refractivity contribution in [2.24, 2.45) is 0 Å². The maximum absolute atomic E-state index is 4.76. The fourth-order valence-corrected chi connectivity index (χ4v) is 3.58. The number of nitrogens with zero attached hydrogens (tertiary/aromatic N) is 5. The highest BCUT2D eigenvalue weighted by Gasteiger charge is 2.15. The topological polar surface area (TPSA) is 60.6 Å². The summed E-state index contributed by atoms with van der Waals surface area (Å²) in [4.78, 5) is 4.76. The molecule has 134 valence electrons. The van der Waals surface area contributed by atoms with E-state index in [0.717, 1.165) is 55.6 Å². The normalized spacial score (nSPS) is 14.1. The Kier molecular flexibility index (Phi) is 5.71. The Morgan fingerprint density at radius 2 is 1.88 bits per heavy atom. The third kappa shape index (κ3) is 3.55. The van der Waals surface area contributed by atoms with Gasteiger partial charge in [0, 0.05) is 19.5 Å². The minimum atomic E-state index is 0. The molecule has 25 heavy (non-hydrogen) atoms. The average Bonchev–Trinajstić information content (AvgIpc) is 3.07. The van der Waals surface area contributed by atoms with Gasteiger partial charge >= 0.3 is 0 Å². The molecule has 1 aliphatic rings. The van der Waals surface area contributed by atoms with Crippen LogP contribution in [-0.2, 0) is 32.6 Å². The van der Waals surface area contributed by atoms with Gasteiger partial charge in [-0.25, -0.2) is 4.98 Å². The van der Waals surface area contributed by atoms with Crippen molar-refractivity contribution in [1.82, 2.24) is 29.6 Å². The van der Waals surface area contributed by atoms with Crippen molar-refractivity contribution < 1.29 is 0 Å². The maximum atomic E-state index is 4.76. The predicted molar refractivity (Wildman–Crippen MR) is 101 cm³/mol. The molecule has 0 amide bonds. The van der Waals surface area contributed by atoms with E-state index in [9.17, 15) is 0 Å². The van der Waals surface area contributed by atoms with Crippen LogP contribution in [0.25, 0.3) is 11.0 Å². The lowest BCUT2D eigenvalue weighted by Crippen LogP contribution is -2.19. The van der Waals surface area contributed by atoms with Crippen molar-refractivity contribution >= 4 is 23.4 Å². The molecule has 0 fully saturated rings. The van der Waals surface area contributed by atoms with Crippen LogP contribution >= 0.6 is 12.4 Å². The molecule has 0 saturated heterocycles. The number of rotatable bonds is 5. The molecule has 1 aliphatic heterocycles. The molecule has 0 atom stereocenters. The highest BCUT2D eigenvalue weighted by atomic mass is 35.5. The van der Waals surface area contributed by atoms with Crippen LogP contribution in [-0.4, -0.2) is 24.3 Å². The molecule has 3 aromatic rings. The van der Waals surface area contributed by atoms with Crippen molar-refractivity contribution in [3.8, 4) is 0 Å². The molecule has 0 aliphatic carbocycles. The smallest absolute Gasteiger partial charge is 0.147 e. The van der Waals surface area contributed by atoms with E-state index < -0.39 is 0 Å². The molecule has 6 nitrogen and oxygen atoms in total. The largest absolute Gasteiger partial charge is 0.327 e. The first kappa shape index (κ1) is 17.9. The Labute approximate surface area is 154 Å². The number of hydrogen-bond donors (Lipinski definition) is 1. The van der Waals surface area contributed by atoms with Crippen molar-refractivity contribution in [2.45, 2.75) is 58.8 Å². The van der Waals surface area contributed by atoms with Crippen molar-refractivity contribution in [2.75, 3.05) is 0 Å². The summed E-state index contributed by atoms with van der Waals surface area (Å²) in [5.41, 5.74) is 2.26. The van der Waals surface area contributed by atoms with Crippen molar-refractivity contribution in [3.05, 3.63) is 41.7 Å². The Balaban J connectivity index is 0.00000182. The second-order valence-corrected chi connectivity index (χ2v) is 6.36. The first-order valence-electron chi connectivity index (χ1n) is 8.92. The van der Waals surface area contributed by atoms with Gasteiger partial charge in [-0.15, -0.1) is 22.6 Å². The Morgan fingerprint density at radius 1 is 1.04 bits per heavy atom. The number of aryl methyl sites for hydroxylation is 2. The summed E-state index contributed by atoms with van der Waals surface area (Å²) in [6.45, 7) is 5.62. The van der Waals surface area contributed by atoms with E-state index in [1.54, 1.807) is 0 Å². The van der Waals surface area contributed by atoms with E-state index >= 15 is 0 Å². The van der Waals surface area contributed by atoms with E-state index in [4.69, 9.17) is 4.98 Å². The molecule has 3 heterocycles. The lowest BCUT2D eigenvalue weighted by molar-refractivity contribution is 0.558. The van der Waals surface area contributed by atoms with E-state index in [1.165, 1.54) is 24.8 Å². The number of nitrogens with one attached hydrogen (secondary N) is 1. The minimum Gasteiger partial charge on any atom is -0.327 e. The van der Waals surface area contributed by atoms with Gasteiger partial charge in [-0.1, -0.05) is 18.6 Å². The first-order chi connectivity index (χ1) is 11.9. The fraction of sp³-hybridized carbons (Fsp3) is 0.500. The number of fused-ring (bicyclic) bond motifs is 2. The van der Waals surface area contributed by atoms with Gasteiger partial charge in [-0.3, -0.25) is 0 Å². The molecule has 0 bridgehead atoms. The summed E-state index contributed by atoms with van der Waals surface area (Å²) in [7, 11) is 0. The third-order valence-corrected chi connectivity index (χ3v) is 4.80. The molecule has 2 aromatic heterocycles. The molecule has 0 radical (unpaired) electrons. The zero-order valence-corrected chi connectivity index (χ0v) is 15.4.